The molecule has 24 heavy (non-hydrogen) atoms. The molecule has 1 aliphatic rings. The van der Waals surface area contributed by atoms with Crippen LogP contribution in [0.4, 0.5) is 4.39 Å². The molecule has 0 aliphatic carbocycles. The van der Waals surface area contributed by atoms with Gasteiger partial charge >= 0.3 is 0 Å². The number of aliphatic hydroxyl groups excluding tert-OH is 1. The highest BCUT2D eigenvalue weighted by molar-refractivity contribution is 5.58. The maximum atomic E-state index is 13.7. The molecule has 0 saturated carbocycles. The van der Waals surface area contributed by atoms with E-state index in [9.17, 15) is 9.50 Å². The summed E-state index contributed by atoms with van der Waals surface area (Å²) in [6.07, 6.45) is -0.441. The van der Waals surface area contributed by atoms with Crippen molar-refractivity contribution in [2.24, 2.45) is 0 Å². The number of benzene rings is 1. The van der Waals surface area contributed by atoms with E-state index in [2.05, 4.69) is 10.2 Å². The Morgan fingerprint density at radius 2 is 1.96 bits per heavy atom. The number of ether oxygens (including phenoxy) is 1. The number of hydrogen-bond acceptors (Lipinski definition) is 5. The average Bonchev–Trinajstić information content (AvgIpc) is 3.05. The maximum Gasteiger partial charge on any atom is 0.137 e. The first-order chi connectivity index (χ1) is 11.7. The monoisotopic (exact) mass is 334 g/mol. The van der Waals surface area contributed by atoms with Crippen LogP contribution in [-0.4, -0.2) is 55.5 Å². The molecule has 130 valence electrons. The molecule has 1 fully saturated rings. The minimum absolute atomic E-state index is 0.299. The lowest BCUT2D eigenvalue weighted by molar-refractivity contribution is 0.0148. The van der Waals surface area contributed by atoms with Crippen molar-refractivity contribution in [2.45, 2.75) is 12.6 Å². The van der Waals surface area contributed by atoms with Gasteiger partial charge in [-0.05, 0) is 24.3 Å². The van der Waals surface area contributed by atoms with Gasteiger partial charge in [0, 0.05) is 26.2 Å². The highest BCUT2D eigenvalue weighted by Gasteiger charge is 2.15. The average molecular weight is 334 g/mol. The molecule has 2 N–H and O–H groups in total. The van der Waals surface area contributed by atoms with Gasteiger partial charge in [0.1, 0.15) is 17.3 Å². The van der Waals surface area contributed by atoms with E-state index in [4.69, 9.17) is 9.15 Å². The van der Waals surface area contributed by atoms with E-state index in [1.807, 2.05) is 6.07 Å². The minimum atomic E-state index is -0.441. The summed E-state index contributed by atoms with van der Waals surface area (Å²) in [6.45, 7) is 4.79. The van der Waals surface area contributed by atoms with Crippen LogP contribution in [0.25, 0.3) is 11.3 Å². The number of aliphatic hydroxyl groups is 1. The fraction of sp³-hybridized carbons (Fsp3) is 0.444. The van der Waals surface area contributed by atoms with E-state index >= 15 is 0 Å². The highest BCUT2D eigenvalue weighted by Crippen LogP contribution is 2.24. The van der Waals surface area contributed by atoms with E-state index in [0.29, 0.717) is 36.7 Å². The predicted octanol–water partition coefficient (Wildman–Crippen LogP) is 1.87. The topological polar surface area (TPSA) is 57.9 Å². The molecule has 2 heterocycles. The van der Waals surface area contributed by atoms with Crippen molar-refractivity contribution >= 4 is 0 Å². The van der Waals surface area contributed by atoms with Crippen LogP contribution in [0.5, 0.6) is 0 Å². The fourth-order valence-electron chi connectivity index (χ4n) is 2.79. The normalized spacial score (nSPS) is 17.1. The van der Waals surface area contributed by atoms with E-state index in [1.165, 1.54) is 6.07 Å². The first-order valence-corrected chi connectivity index (χ1v) is 8.25. The summed E-state index contributed by atoms with van der Waals surface area (Å²) in [5.74, 6) is 0.929. The molecule has 1 aromatic carbocycles. The van der Waals surface area contributed by atoms with Crippen LogP contribution in [0.15, 0.2) is 40.8 Å². The molecule has 0 amide bonds. The standard InChI is InChI=1S/C18H23FN2O3/c19-17-4-2-1-3-16(17)18-6-5-15(24-18)12-20-11-14(22)13-21-7-9-23-10-8-21/h1-6,14,20,22H,7-13H2. The van der Waals surface area contributed by atoms with Gasteiger partial charge in [-0.25, -0.2) is 4.39 Å². The van der Waals surface area contributed by atoms with E-state index in [0.717, 1.165) is 26.3 Å². The number of rotatable bonds is 7. The lowest BCUT2D eigenvalue weighted by Gasteiger charge is -2.28. The lowest BCUT2D eigenvalue weighted by atomic mass is 10.1. The molecule has 1 saturated heterocycles. The van der Waals surface area contributed by atoms with Crippen LogP contribution in [0.1, 0.15) is 5.76 Å². The van der Waals surface area contributed by atoms with E-state index < -0.39 is 6.10 Å². The Balaban J connectivity index is 1.45. The second kappa shape index (κ2) is 8.39. The smallest absolute Gasteiger partial charge is 0.137 e. The van der Waals surface area contributed by atoms with Crippen molar-refractivity contribution < 1.29 is 18.7 Å². The summed E-state index contributed by atoms with van der Waals surface area (Å²) in [4.78, 5) is 2.19. The molecule has 5 nitrogen and oxygen atoms in total. The second-order valence-corrected chi connectivity index (χ2v) is 5.94. The first-order valence-electron chi connectivity index (χ1n) is 8.25. The molecule has 1 aliphatic heterocycles. The van der Waals surface area contributed by atoms with Crippen LogP contribution in [-0.2, 0) is 11.3 Å². The van der Waals surface area contributed by atoms with Gasteiger partial charge in [-0.2, -0.15) is 0 Å². The van der Waals surface area contributed by atoms with Gasteiger partial charge in [0.15, 0.2) is 0 Å². The van der Waals surface area contributed by atoms with Crippen LogP contribution in [0, 0.1) is 5.82 Å². The Hall–Kier alpha value is -1.73. The number of halogens is 1. The fourth-order valence-corrected chi connectivity index (χ4v) is 2.79. The van der Waals surface area contributed by atoms with Crippen molar-refractivity contribution in [1.29, 1.82) is 0 Å². The second-order valence-electron chi connectivity index (χ2n) is 5.94. The number of morpholine rings is 1. The Kier molecular flexibility index (Phi) is 5.98. The van der Waals surface area contributed by atoms with Gasteiger partial charge in [0.25, 0.3) is 0 Å². The quantitative estimate of drug-likeness (QED) is 0.810. The Labute approximate surface area is 141 Å². The Bertz CT molecular complexity index is 641. The van der Waals surface area contributed by atoms with Gasteiger partial charge in [0.2, 0.25) is 0 Å². The molecule has 0 spiro atoms. The molecular weight excluding hydrogens is 311 g/mol. The number of β-amino-alcohol motifs (C(OH)–C–C–N with tert-alkyl or cyclic N) is 1. The zero-order valence-electron chi connectivity index (χ0n) is 13.6. The van der Waals surface area contributed by atoms with Crippen LogP contribution in [0.2, 0.25) is 0 Å². The minimum Gasteiger partial charge on any atom is -0.460 e. The van der Waals surface area contributed by atoms with Gasteiger partial charge in [-0.15, -0.1) is 0 Å². The van der Waals surface area contributed by atoms with Crippen LogP contribution in [0.3, 0.4) is 0 Å². The van der Waals surface area contributed by atoms with Crippen molar-refractivity contribution in [3.05, 3.63) is 48.0 Å². The van der Waals surface area contributed by atoms with Gasteiger partial charge < -0.3 is 19.6 Å². The summed E-state index contributed by atoms with van der Waals surface area (Å²) < 4.78 is 24.7. The summed E-state index contributed by atoms with van der Waals surface area (Å²) >= 11 is 0. The molecule has 1 atom stereocenters. The van der Waals surface area contributed by atoms with Crippen molar-refractivity contribution in [3.63, 3.8) is 0 Å². The molecule has 6 heteroatoms. The number of hydrogen-bond donors (Lipinski definition) is 2. The van der Waals surface area contributed by atoms with Crippen LogP contribution >= 0.6 is 0 Å². The van der Waals surface area contributed by atoms with Crippen molar-refractivity contribution in [1.82, 2.24) is 10.2 Å². The maximum absolute atomic E-state index is 13.7. The van der Waals surface area contributed by atoms with Gasteiger partial charge in [-0.3, -0.25) is 4.90 Å². The van der Waals surface area contributed by atoms with Gasteiger partial charge in [0.05, 0.1) is 31.4 Å². The van der Waals surface area contributed by atoms with Crippen LogP contribution < -0.4 is 5.32 Å². The van der Waals surface area contributed by atoms with Crippen molar-refractivity contribution in [3.8, 4) is 11.3 Å². The summed E-state index contributed by atoms with van der Waals surface area (Å²) in [6, 6.07) is 10.1. The van der Waals surface area contributed by atoms with E-state index in [1.54, 1.807) is 24.3 Å². The van der Waals surface area contributed by atoms with Crippen molar-refractivity contribution in [2.75, 3.05) is 39.4 Å². The zero-order valence-corrected chi connectivity index (χ0v) is 13.6. The Morgan fingerprint density at radius 1 is 1.17 bits per heavy atom. The summed E-state index contributed by atoms with van der Waals surface area (Å²) in [7, 11) is 0. The largest absolute Gasteiger partial charge is 0.460 e. The molecule has 1 aromatic heterocycles. The molecule has 2 aromatic rings. The predicted molar refractivity (Wildman–Crippen MR) is 89.1 cm³/mol. The molecule has 3 rings (SSSR count). The zero-order chi connectivity index (χ0) is 16.8. The third-order valence-corrected chi connectivity index (χ3v) is 4.05. The number of nitrogens with zero attached hydrogens (tertiary/aromatic N) is 1. The third kappa shape index (κ3) is 4.64. The molecule has 1 unspecified atom stereocenters. The molecular formula is C18H23FN2O3. The molecule has 0 radical (unpaired) electrons. The van der Waals surface area contributed by atoms with E-state index in [-0.39, 0.29) is 5.82 Å². The number of furan rings is 1. The first kappa shape index (κ1) is 17.1. The SMILES string of the molecule is OC(CNCc1ccc(-c2ccccc2F)o1)CN1CCOCC1. The summed E-state index contributed by atoms with van der Waals surface area (Å²) in [5.41, 5.74) is 0.455. The highest BCUT2D eigenvalue weighted by atomic mass is 19.1. The summed E-state index contributed by atoms with van der Waals surface area (Å²) in [5, 5.41) is 13.2. The van der Waals surface area contributed by atoms with Gasteiger partial charge in [-0.1, -0.05) is 12.1 Å². The Morgan fingerprint density at radius 3 is 2.75 bits per heavy atom. The molecule has 0 bridgehead atoms. The third-order valence-electron chi connectivity index (χ3n) is 4.05. The number of nitrogens with one attached hydrogen (secondary N) is 1. The lowest BCUT2D eigenvalue weighted by Crippen LogP contribution is -2.43.